The summed E-state index contributed by atoms with van der Waals surface area (Å²) >= 11 is 1.99. The topological polar surface area (TPSA) is 30.9 Å². The van der Waals surface area contributed by atoms with E-state index in [2.05, 4.69) is 29.1 Å². The molecule has 0 radical (unpaired) electrons. The van der Waals surface area contributed by atoms with Crippen LogP contribution in [0.25, 0.3) is 0 Å². The lowest BCUT2D eigenvalue weighted by molar-refractivity contribution is 0.375. The smallest absolute Gasteiger partial charge is 0.193 e. The molecule has 1 N–H and O–H groups in total. The molecular formula is C17H28FIN4S. The molecule has 2 rings (SSSR count). The van der Waals surface area contributed by atoms with Gasteiger partial charge < -0.3 is 15.1 Å². The summed E-state index contributed by atoms with van der Waals surface area (Å²) in [6, 6.07) is 5.36. The van der Waals surface area contributed by atoms with Gasteiger partial charge in [0, 0.05) is 51.3 Å². The van der Waals surface area contributed by atoms with E-state index in [1.807, 2.05) is 38.0 Å². The first-order valence-corrected chi connectivity index (χ1v) is 8.86. The van der Waals surface area contributed by atoms with Gasteiger partial charge in [-0.25, -0.2) is 4.39 Å². The second-order valence-electron chi connectivity index (χ2n) is 6.61. The van der Waals surface area contributed by atoms with E-state index in [1.165, 1.54) is 0 Å². The second kappa shape index (κ2) is 9.12. The van der Waals surface area contributed by atoms with Gasteiger partial charge in [-0.05, 0) is 31.5 Å². The summed E-state index contributed by atoms with van der Waals surface area (Å²) in [6.45, 7) is 7.03. The van der Waals surface area contributed by atoms with Crippen molar-refractivity contribution in [1.82, 2.24) is 10.2 Å². The average Bonchev–Trinajstić information content (AvgIpc) is 2.46. The van der Waals surface area contributed by atoms with E-state index >= 15 is 0 Å². The summed E-state index contributed by atoms with van der Waals surface area (Å²) in [5.41, 5.74) is 1.52. The fraction of sp³-hybridized carbons (Fsp3) is 0.588. The van der Waals surface area contributed by atoms with E-state index in [-0.39, 0.29) is 34.5 Å². The SMILES string of the molecule is CN=C(NCc1ccc(N(C)C)c(F)c1)N1CCSC(C)(C)C1.I. The minimum Gasteiger partial charge on any atom is -0.375 e. The van der Waals surface area contributed by atoms with Gasteiger partial charge in [0.2, 0.25) is 0 Å². The van der Waals surface area contributed by atoms with Crippen molar-refractivity contribution in [2.75, 3.05) is 44.9 Å². The van der Waals surface area contributed by atoms with Crippen molar-refractivity contribution in [3.05, 3.63) is 29.6 Å². The Balaban J connectivity index is 0.00000288. The second-order valence-corrected chi connectivity index (χ2v) is 8.41. The third kappa shape index (κ3) is 5.68. The fourth-order valence-corrected chi connectivity index (χ4v) is 3.85. The molecule has 1 fully saturated rings. The van der Waals surface area contributed by atoms with E-state index in [1.54, 1.807) is 18.0 Å². The van der Waals surface area contributed by atoms with Crippen LogP contribution in [-0.2, 0) is 6.54 Å². The standard InChI is InChI=1S/C17H27FN4S.HI/c1-17(2)12-22(8-9-23-17)16(19-3)20-11-13-6-7-15(21(4)5)14(18)10-13;/h6-7,10H,8-9,11-12H2,1-5H3,(H,19,20);1H. The van der Waals surface area contributed by atoms with E-state index in [9.17, 15) is 4.39 Å². The lowest BCUT2D eigenvalue weighted by atomic mass is 10.2. The summed E-state index contributed by atoms with van der Waals surface area (Å²) in [7, 11) is 5.48. The van der Waals surface area contributed by atoms with Crippen LogP contribution in [0, 0.1) is 5.82 Å². The average molecular weight is 466 g/mol. The van der Waals surface area contributed by atoms with Crippen molar-refractivity contribution >= 4 is 47.4 Å². The van der Waals surface area contributed by atoms with Crippen LogP contribution in [0.1, 0.15) is 19.4 Å². The van der Waals surface area contributed by atoms with E-state index in [0.717, 1.165) is 30.4 Å². The van der Waals surface area contributed by atoms with Gasteiger partial charge in [0.05, 0.1) is 5.69 Å². The van der Waals surface area contributed by atoms with Gasteiger partial charge >= 0.3 is 0 Å². The molecule has 0 amide bonds. The molecule has 0 unspecified atom stereocenters. The summed E-state index contributed by atoms with van der Waals surface area (Å²) < 4.78 is 14.3. The molecule has 1 saturated heterocycles. The van der Waals surface area contributed by atoms with Crippen molar-refractivity contribution in [2.45, 2.75) is 25.1 Å². The van der Waals surface area contributed by atoms with Gasteiger partial charge in [-0.3, -0.25) is 4.99 Å². The highest BCUT2D eigenvalue weighted by molar-refractivity contribution is 14.0. The predicted octanol–water partition coefficient (Wildman–Crippen LogP) is 3.41. The molecule has 7 heteroatoms. The van der Waals surface area contributed by atoms with Crippen LogP contribution in [0.4, 0.5) is 10.1 Å². The number of rotatable bonds is 3. The maximum Gasteiger partial charge on any atom is 0.193 e. The van der Waals surface area contributed by atoms with Crippen molar-refractivity contribution in [2.24, 2.45) is 4.99 Å². The van der Waals surface area contributed by atoms with E-state index < -0.39 is 0 Å². The van der Waals surface area contributed by atoms with Crippen molar-refractivity contribution in [3.8, 4) is 0 Å². The Morgan fingerprint density at radius 2 is 2.12 bits per heavy atom. The highest BCUT2D eigenvalue weighted by Gasteiger charge is 2.28. The molecular weight excluding hydrogens is 438 g/mol. The van der Waals surface area contributed by atoms with Crippen molar-refractivity contribution in [1.29, 1.82) is 0 Å². The van der Waals surface area contributed by atoms with Crippen LogP contribution in [0.3, 0.4) is 0 Å². The predicted molar refractivity (Wildman–Crippen MR) is 114 cm³/mol. The van der Waals surface area contributed by atoms with Crippen LogP contribution < -0.4 is 10.2 Å². The monoisotopic (exact) mass is 466 g/mol. The highest BCUT2D eigenvalue weighted by atomic mass is 127. The van der Waals surface area contributed by atoms with Crippen molar-refractivity contribution < 1.29 is 4.39 Å². The molecule has 0 spiro atoms. The molecule has 24 heavy (non-hydrogen) atoms. The number of guanidine groups is 1. The molecule has 0 bridgehead atoms. The van der Waals surface area contributed by atoms with Gasteiger partial charge in [0.15, 0.2) is 5.96 Å². The Labute approximate surface area is 166 Å². The summed E-state index contributed by atoms with van der Waals surface area (Å²) in [5, 5.41) is 3.36. The lowest BCUT2D eigenvalue weighted by Crippen LogP contribution is -2.50. The van der Waals surface area contributed by atoms with Crippen LogP contribution in [0.2, 0.25) is 0 Å². The number of thioether (sulfide) groups is 1. The number of benzene rings is 1. The molecule has 1 heterocycles. The van der Waals surface area contributed by atoms with Gasteiger partial charge in [0.1, 0.15) is 5.82 Å². The molecule has 1 aromatic carbocycles. The van der Waals surface area contributed by atoms with Gasteiger partial charge in [0.25, 0.3) is 0 Å². The first kappa shape index (κ1) is 21.3. The first-order chi connectivity index (χ1) is 10.8. The summed E-state index contributed by atoms with van der Waals surface area (Å²) in [5.74, 6) is 1.79. The third-order valence-electron chi connectivity index (χ3n) is 3.88. The summed E-state index contributed by atoms with van der Waals surface area (Å²) in [6.07, 6.45) is 0. The first-order valence-electron chi connectivity index (χ1n) is 7.88. The number of halogens is 2. The molecule has 1 aliphatic heterocycles. The van der Waals surface area contributed by atoms with Crippen LogP contribution in [-0.4, -0.2) is 55.6 Å². The van der Waals surface area contributed by atoms with Gasteiger partial charge in [-0.2, -0.15) is 11.8 Å². The van der Waals surface area contributed by atoms with Crippen LogP contribution in [0.5, 0.6) is 0 Å². The van der Waals surface area contributed by atoms with Crippen LogP contribution in [0.15, 0.2) is 23.2 Å². The number of nitrogens with zero attached hydrogens (tertiary/aromatic N) is 3. The zero-order chi connectivity index (χ0) is 17.0. The number of hydrogen-bond donors (Lipinski definition) is 1. The number of anilines is 1. The van der Waals surface area contributed by atoms with Gasteiger partial charge in [-0.1, -0.05) is 6.07 Å². The van der Waals surface area contributed by atoms with E-state index in [4.69, 9.17) is 0 Å². The molecule has 0 aromatic heterocycles. The Hall–Kier alpha value is -0.700. The molecule has 1 aliphatic rings. The maximum atomic E-state index is 14.1. The zero-order valence-electron chi connectivity index (χ0n) is 15.1. The summed E-state index contributed by atoms with van der Waals surface area (Å²) in [4.78, 5) is 8.44. The number of nitrogens with one attached hydrogen (secondary N) is 1. The Morgan fingerprint density at radius 1 is 1.42 bits per heavy atom. The van der Waals surface area contributed by atoms with Crippen LogP contribution >= 0.6 is 35.7 Å². The Bertz CT molecular complexity index is 578. The Kier molecular flexibility index (Phi) is 8.11. The molecule has 0 aliphatic carbocycles. The minimum absolute atomic E-state index is 0. The number of aliphatic imine (C=N–C) groups is 1. The number of hydrogen-bond acceptors (Lipinski definition) is 3. The molecule has 0 atom stereocenters. The van der Waals surface area contributed by atoms with Crippen molar-refractivity contribution in [3.63, 3.8) is 0 Å². The fourth-order valence-electron chi connectivity index (χ4n) is 2.73. The van der Waals surface area contributed by atoms with Gasteiger partial charge in [-0.15, -0.1) is 24.0 Å². The minimum atomic E-state index is -0.195. The maximum absolute atomic E-state index is 14.1. The largest absolute Gasteiger partial charge is 0.375 e. The molecule has 136 valence electrons. The quantitative estimate of drug-likeness (QED) is 0.420. The molecule has 0 saturated carbocycles. The zero-order valence-corrected chi connectivity index (χ0v) is 18.2. The highest BCUT2D eigenvalue weighted by Crippen LogP contribution is 2.29. The normalized spacial score (nSPS) is 17.2. The van der Waals surface area contributed by atoms with E-state index in [0.29, 0.717) is 12.2 Å². The Morgan fingerprint density at radius 3 is 2.67 bits per heavy atom. The lowest BCUT2D eigenvalue weighted by Gasteiger charge is -2.39. The molecule has 4 nitrogen and oxygen atoms in total. The molecule has 1 aromatic rings. The third-order valence-corrected chi connectivity index (χ3v) is 5.18.